The molecule has 1 fully saturated rings. The molecule has 1 N–H and O–H groups in total. The second-order valence-corrected chi connectivity index (χ2v) is 6.76. The van der Waals surface area contributed by atoms with Gasteiger partial charge in [0.2, 0.25) is 5.91 Å². The summed E-state index contributed by atoms with van der Waals surface area (Å²) in [6, 6.07) is 0. The van der Waals surface area contributed by atoms with Crippen molar-refractivity contribution in [2.45, 2.75) is 71.0 Å². The molecule has 6 nitrogen and oxygen atoms in total. The standard InChI is InChI=1S/C14H25N2O4/c1-7-20-11(18)14(15-10(2)17)8-12(3,4)16(19)13(5,6)9-14/h7-9H2,1-6H3,(H,15,17). The van der Waals surface area contributed by atoms with Crippen LogP contribution >= 0.6 is 0 Å². The molecule has 1 radical (unpaired) electrons. The summed E-state index contributed by atoms with van der Waals surface area (Å²) < 4.78 is 5.13. The van der Waals surface area contributed by atoms with Gasteiger partial charge >= 0.3 is 5.97 Å². The molecule has 1 amide bonds. The van der Waals surface area contributed by atoms with Crippen molar-refractivity contribution in [1.82, 2.24) is 10.4 Å². The Kier molecular flexibility index (Phi) is 4.51. The Bertz CT molecular complexity index is 386. The summed E-state index contributed by atoms with van der Waals surface area (Å²) in [5, 5.41) is 16.1. The molecule has 1 aliphatic rings. The molecular formula is C14H25N2O4. The Balaban J connectivity index is 3.23. The minimum atomic E-state index is -1.14. The normalized spacial score (nSPS) is 23.9. The molecule has 0 aromatic carbocycles. The molecule has 0 aromatic rings. The largest absolute Gasteiger partial charge is 0.464 e. The van der Waals surface area contributed by atoms with Crippen LogP contribution in [-0.2, 0) is 19.5 Å². The van der Waals surface area contributed by atoms with E-state index in [2.05, 4.69) is 5.32 Å². The Morgan fingerprint density at radius 3 is 1.95 bits per heavy atom. The Labute approximate surface area is 120 Å². The summed E-state index contributed by atoms with van der Waals surface area (Å²) in [5.74, 6) is -0.770. The molecule has 115 valence electrons. The Morgan fingerprint density at radius 2 is 1.60 bits per heavy atom. The first-order valence-electron chi connectivity index (χ1n) is 6.90. The van der Waals surface area contributed by atoms with E-state index in [1.807, 2.05) is 0 Å². The van der Waals surface area contributed by atoms with Crippen LogP contribution in [0.3, 0.4) is 0 Å². The first kappa shape index (κ1) is 16.9. The lowest BCUT2D eigenvalue weighted by molar-refractivity contribution is -0.297. The van der Waals surface area contributed by atoms with E-state index in [1.165, 1.54) is 6.92 Å². The molecule has 0 spiro atoms. The molecule has 0 atom stereocenters. The van der Waals surface area contributed by atoms with Gasteiger partial charge < -0.3 is 10.1 Å². The summed E-state index contributed by atoms with van der Waals surface area (Å²) in [5.41, 5.74) is -2.68. The maximum absolute atomic E-state index is 12.4. The SMILES string of the molecule is CCOC(=O)C1(NC(C)=O)CC(C)(C)N([O])C(C)(C)C1. The second kappa shape index (κ2) is 5.33. The van der Waals surface area contributed by atoms with E-state index in [9.17, 15) is 14.8 Å². The van der Waals surface area contributed by atoms with Gasteiger partial charge in [-0.1, -0.05) is 0 Å². The average Bonchev–Trinajstić information content (AvgIpc) is 2.24. The van der Waals surface area contributed by atoms with Crippen LogP contribution in [0.5, 0.6) is 0 Å². The number of carbonyl (C=O) groups is 2. The van der Waals surface area contributed by atoms with E-state index in [-0.39, 0.29) is 25.4 Å². The van der Waals surface area contributed by atoms with Gasteiger partial charge in [0.1, 0.15) is 5.54 Å². The van der Waals surface area contributed by atoms with Crippen molar-refractivity contribution < 1.29 is 19.5 Å². The minimum absolute atomic E-state index is 0.228. The molecule has 0 aliphatic carbocycles. The molecule has 1 aliphatic heterocycles. The third-order valence-electron chi connectivity index (χ3n) is 3.65. The van der Waals surface area contributed by atoms with Crippen molar-refractivity contribution in [2.24, 2.45) is 0 Å². The lowest BCUT2D eigenvalue weighted by Gasteiger charge is -2.54. The quantitative estimate of drug-likeness (QED) is 0.795. The molecule has 1 heterocycles. The fourth-order valence-corrected chi connectivity index (χ4v) is 3.39. The van der Waals surface area contributed by atoms with E-state index < -0.39 is 22.6 Å². The number of carbonyl (C=O) groups excluding carboxylic acids is 2. The molecule has 1 saturated heterocycles. The number of nitrogens with zero attached hydrogens (tertiary/aromatic N) is 1. The minimum Gasteiger partial charge on any atom is -0.464 e. The van der Waals surface area contributed by atoms with Crippen LogP contribution < -0.4 is 5.32 Å². The number of ether oxygens (including phenoxy) is 1. The summed E-state index contributed by atoms with van der Waals surface area (Å²) in [4.78, 5) is 23.9. The third kappa shape index (κ3) is 3.12. The second-order valence-electron chi connectivity index (χ2n) is 6.76. The Hall–Kier alpha value is -1.14. The molecule has 0 saturated carbocycles. The summed E-state index contributed by atoms with van der Waals surface area (Å²) in [6.45, 7) is 10.4. The molecule has 20 heavy (non-hydrogen) atoms. The van der Waals surface area contributed by atoms with E-state index >= 15 is 0 Å². The van der Waals surface area contributed by atoms with Gasteiger partial charge in [0.25, 0.3) is 0 Å². The zero-order valence-electron chi connectivity index (χ0n) is 13.2. The maximum atomic E-state index is 12.4. The van der Waals surface area contributed by atoms with Crippen molar-refractivity contribution in [3.8, 4) is 0 Å². The van der Waals surface area contributed by atoms with Gasteiger partial charge in [-0.25, -0.2) is 4.79 Å². The van der Waals surface area contributed by atoms with Gasteiger partial charge in [0, 0.05) is 30.8 Å². The highest BCUT2D eigenvalue weighted by Gasteiger charge is 2.57. The van der Waals surface area contributed by atoms with E-state index in [0.29, 0.717) is 0 Å². The van der Waals surface area contributed by atoms with E-state index in [0.717, 1.165) is 5.06 Å². The molecule has 6 heteroatoms. The van der Waals surface area contributed by atoms with Crippen LogP contribution in [0.15, 0.2) is 0 Å². The van der Waals surface area contributed by atoms with Gasteiger partial charge in [-0.2, -0.15) is 0 Å². The van der Waals surface area contributed by atoms with Crippen LogP contribution in [0.4, 0.5) is 0 Å². The van der Waals surface area contributed by atoms with Gasteiger partial charge in [-0.3, -0.25) is 4.79 Å². The highest BCUT2D eigenvalue weighted by atomic mass is 16.5. The molecule has 0 bridgehead atoms. The van der Waals surface area contributed by atoms with E-state index in [1.54, 1.807) is 34.6 Å². The molecular weight excluding hydrogens is 260 g/mol. The van der Waals surface area contributed by atoms with Crippen LogP contribution in [0.25, 0.3) is 0 Å². The van der Waals surface area contributed by atoms with Crippen molar-refractivity contribution in [2.75, 3.05) is 6.61 Å². The number of nitrogens with one attached hydrogen (secondary N) is 1. The first-order chi connectivity index (χ1) is 8.97. The fraction of sp³-hybridized carbons (Fsp3) is 0.857. The van der Waals surface area contributed by atoms with Crippen molar-refractivity contribution in [1.29, 1.82) is 0 Å². The Morgan fingerprint density at radius 1 is 1.15 bits per heavy atom. The predicted octanol–water partition coefficient (Wildman–Crippen LogP) is 1.42. The number of hydroxylamine groups is 2. The van der Waals surface area contributed by atoms with E-state index in [4.69, 9.17) is 4.74 Å². The van der Waals surface area contributed by atoms with Crippen molar-refractivity contribution in [3.05, 3.63) is 0 Å². The molecule has 0 unspecified atom stereocenters. The van der Waals surface area contributed by atoms with Gasteiger partial charge in [-0.15, -0.1) is 10.3 Å². The number of hydrogen-bond acceptors (Lipinski definition) is 4. The summed E-state index contributed by atoms with van der Waals surface area (Å²) >= 11 is 0. The van der Waals surface area contributed by atoms with Crippen LogP contribution in [0.2, 0.25) is 0 Å². The topological polar surface area (TPSA) is 78.5 Å². The van der Waals surface area contributed by atoms with Crippen molar-refractivity contribution in [3.63, 3.8) is 0 Å². The smallest absolute Gasteiger partial charge is 0.331 e. The average molecular weight is 285 g/mol. The molecule has 1 rings (SSSR count). The highest BCUT2D eigenvalue weighted by molar-refractivity contribution is 5.87. The number of rotatable bonds is 3. The fourth-order valence-electron chi connectivity index (χ4n) is 3.39. The number of hydrogen-bond donors (Lipinski definition) is 1. The van der Waals surface area contributed by atoms with Crippen molar-refractivity contribution >= 4 is 11.9 Å². The summed E-state index contributed by atoms with van der Waals surface area (Å²) in [6.07, 6.45) is 0.455. The van der Waals surface area contributed by atoms with Crippen LogP contribution in [-0.4, -0.2) is 40.2 Å². The molecule has 0 aromatic heterocycles. The summed E-state index contributed by atoms with van der Waals surface area (Å²) in [7, 11) is 0. The lowest BCUT2D eigenvalue weighted by atomic mass is 9.70. The van der Waals surface area contributed by atoms with Gasteiger partial charge in [0.15, 0.2) is 0 Å². The zero-order valence-corrected chi connectivity index (χ0v) is 13.2. The number of piperidine rings is 1. The first-order valence-corrected chi connectivity index (χ1v) is 6.90. The highest BCUT2D eigenvalue weighted by Crippen LogP contribution is 2.43. The lowest BCUT2D eigenvalue weighted by Crippen LogP contribution is -2.70. The van der Waals surface area contributed by atoms with Crippen LogP contribution in [0, 0.1) is 0 Å². The number of amides is 1. The predicted molar refractivity (Wildman–Crippen MR) is 73.1 cm³/mol. The van der Waals surface area contributed by atoms with Gasteiger partial charge in [-0.05, 0) is 34.6 Å². The van der Waals surface area contributed by atoms with Gasteiger partial charge in [0.05, 0.1) is 6.61 Å². The number of esters is 1. The third-order valence-corrected chi connectivity index (χ3v) is 3.65. The maximum Gasteiger partial charge on any atom is 0.331 e. The zero-order chi connectivity index (χ0) is 15.8. The monoisotopic (exact) mass is 285 g/mol. The van der Waals surface area contributed by atoms with Crippen LogP contribution in [0.1, 0.15) is 54.4 Å².